The molecule has 1 radical (unpaired) electrons. The van der Waals surface area contributed by atoms with Gasteiger partial charge >= 0.3 is 0 Å². The number of carbonyl (C=O) groups is 1. The molecule has 0 atom stereocenters. The molecule has 0 fully saturated rings. The van der Waals surface area contributed by atoms with Crippen LogP contribution >= 0.6 is 12.2 Å². The molecule has 1 amide bonds. The highest BCUT2D eigenvalue weighted by atomic mass is 32.1. The summed E-state index contributed by atoms with van der Waals surface area (Å²) in [5.74, 6) is -0.978. The van der Waals surface area contributed by atoms with Crippen molar-refractivity contribution in [2.45, 2.75) is 6.42 Å². The third kappa shape index (κ3) is 3.43. The van der Waals surface area contributed by atoms with E-state index in [1.54, 1.807) is 12.2 Å². The number of benzene rings is 1. The van der Waals surface area contributed by atoms with Crippen molar-refractivity contribution < 1.29 is 9.18 Å². The first-order valence-corrected chi connectivity index (χ1v) is 4.87. The van der Waals surface area contributed by atoms with E-state index in [1.165, 1.54) is 12.1 Å². The van der Waals surface area contributed by atoms with Gasteiger partial charge in [0, 0.05) is 18.1 Å². The van der Waals surface area contributed by atoms with Crippen LogP contribution in [0.2, 0.25) is 0 Å². The van der Waals surface area contributed by atoms with E-state index in [4.69, 9.17) is 23.7 Å². The monoisotopic (exact) mass is 237 g/mol. The maximum atomic E-state index is 12.9. The molecule has 0 bridgehead atoms. The van der Waals surface area contributed by atoms with Gasteiger partial charge in [0.15, 0.2) is 0 Å². The Hall–Kier alpha value is -1.75. The summed E-state index contributed by atoms with van der Waals surface area (Å²) in [6, 6.07) is 5.00. The fourth-order valence-corrected chi connectivity index (χ4v) is 1.31. The normalized spacial score (nSPS) is 10.6. The van der Waals surface area contributed by atoms with Crippen molar-refractivity contribution in [1.82, 2.24) is 0 Å². The van der Waals surface area contributed by atoms with Gasteiger partial charge in [-0.3, -0.25) is 4.79 Å². The van der Waals surface area contributed by atoms with Crippen LogP contribution in [0.4, 0.5) is 4.39 Å². The summed E-state index contributed by atoms with van der Waals surface area (Å²) < 4.78 is 12.9. The maximum Gasteiger partial charge on any atom is 0.221 e. The van der Waals surface area contributed by atoms with E-state index in [1.807, 2.05) is 0 Å². The number of amides is 1. The largest absolute Gasteiger partial charge is 0.389 e. The molecule has 1 rings (SSSR count). The Bertz CT molecular complexity index is 457. The van der Waals surface area contributed by atoms with Crippen LogP contribution in [-0.4, -0.2) is 10.9 Å². The molecule has 0 heterocycles. The van der Waals surface area contributed by atoms with E-state index < -0.39 is 11.7 Å². The zero-order valence-corrected chi connectivity index (χ0v) is 9.18. The van der Waals surface area contributed by atoms with Gasteiger partial charge in [-0.2, -0.15) is 0 Å². The lowest BCUT2D eigenvalue weighted by Gasteiger charge is -2.03. The fourth-order valence-electron chi connectivity index (χ4n) is 1.13. The molecule has 5 heteroatoms. The van der Waals surface area contributed by atoms with Gasteiger partial charge in [0.05, 0.1) is 0 Å². The summed E-state index contributed by atoms with van der Waals surface area (Å²) in [6.07, 6.45) is 3.27. The molecule has 0 saturated carbocycles. The first-order valence-electron chi connectivity index (χ1n) is 4.46. The number of rotatable bonds is 4. The summed E-state index contributed by atoms with van der Waals surface area (Å²) >= 11 is 4.78. The Labute approximate surface area is 97.9 Å². The molecule has 0 aliphatic carbocycles. The van der Waals surface area contributed by atoms with Crippen LogP contribution in [-0.2, 0) is 4.79 Å². The quantitative estimate of drug-likeness (QED) is 0.772. The Kier molecular flexibility index (Phi) is 4.13. The Morgan fingerprint density at radius 3 is 2.81 bits per heavy atom. The summed E-state index contributed by atoms with van der Waals surface area (Å²) in [5.41, 5.74) is 11.4. The molecule has 83 valence electrons. The Balaban J connectivity index is 2.99. The van der Waals surface area contributed by atoms with Gasteiger partial charge < -0.3 is 11.5 Å². The fraction of sp³-hybridized carbons (Fsp3) is 0.0909. The molecule has 0 aliphatic rings. The second-order valence-electron chi connectivity index (χ2n) is 3.09. The smallest absolute Gasteiger partial charge is 0.221 e. The van der Waals surface area contributed by atoms with E-state index in [-0.39, 0.29) is 11.4 Å². The van der Waals surface area contributed by atoms with E-state index >= 15 is 0 Å². The first-order chi connectivity index (χ1) is 7.50. The van der Waals surface area contributed by atoms with Crippen LogP contribution in [0.15, 0.2) is 18.2 Å². The molecular formula is C11H10FN2OS. The molecule has 0 spiro atoms. The van der Waals surface area contributed by atoms with Gasteiger partial charge in [-0.15, -0.1) is 0 Å². The van der Waals surface area contributed by atoms with Crippen LogP contribution in [0.5, 0.6) is 0 Å². The second-order valence-corrected chi connectivity index (χ2v) is 3.53. The van der Waals surface area contributed by atoms with Gasteiger partial charge in [0.1, 0.15) is 10.8 Å². The highest BCUT2D eigenvalue weighted by molar-refractivity contribution is 7.80. The van der Waals surface area contributed by atoms with Crippen LogP contribution in [0.3, 0.4) is 0 Å². The second kappa shape index (κ2) is 5.37. The first kappa shape index (κ1) is 12.3. The summed E-state index contributed by atoms with van der Waals surface area (Å²) in [5, 5.41) is 0. The highest BCUT2D eigenvalue weighted by Crippen LogP contribution is 2.13. The zero-order valence-electron chi connectivity index (χ0n) is 8.37. The minimum Gasteiger partial charge on any atom is -0.389 e. The number of primary amides is 1. The van der Waals surface area contributed by atoms with E-state index in [2.05, 4.69) is 6.07 Å². The molecular weight excluding hydrogens is 227 g/mol. The highest BCUT2D eigenvalue weighted by Gasteiger charge is 2.04. The third-order valence-corrected chi connectivity index (χ3v) is 2.05. The SMILES string of the molecule is NC(=O)CC=Cc1c[c]c(F)cc1C(N)=S. The lowest BCUT2D eigenvalue weighted by molar-refractivity contribution is -0.117. The van der Waals surface area contributed by atoms with Crippen LogP contribution in [0.25, 0.3) is 6.08 Å². The number of thiocarbonyl (C=S) groups is 1. The lowest BCUT2D eigenvalue weighted by Crippen LogP contribution is -2.11. The molecule has 3 nitrogen and oxygen atoms in total. The predicted octanol–water partition coefficient (Wildman–Crippen LogP) is 1.15. The van der Waals surface area contributed by atoms with Crippen molar-refractivity contribution in [1.29, 1.82) is 0 Å². The minimum atomic E-state index is -0.533. The number of hydrogen-bond donors (Lipinski definition) is 2. The average Bonchev–Trinajstić information content (AvgIpc) is 2.19. The molecule has 0 unspecified atom stereocenters. The van der Waals surface area contributed by atoms with Crippen molar-refractivity contribution in [3.63, 3.8) is 0 Å². The molecule has 1 aromatic carbocycles. The number of halogens is 1. The molecule has 4 N–H and O–H groups in total. The third-order valence-electron chi connectivity index (χ3n) is 1.83. The molecule has 1 aromatic rings. The van der Waals surface area contributed by atoms with Gasteiger partial charge in [-0.25, -0.2) is 4.39 Å². The number of hydrogen-bond acceptors (Lipinski definition) is 2. The van der Waals surface area contributed by atoms with E-state index in [0.29, 0.717) is 11.1 Å². The minimum absolute atomic E-state index is 0.0895. The Morgan fingerprint density at radius 1 is 1.56 bits per heavy atom. The van der Waals surface area contributed by atoms with Gasteiger partial charge in [-0.05, 0) is 17.7 Å². The van der Waals surface area contributed by atoms with Crippen molar-refractivity contribution in [2.75, 3.05) is 0 Å². The summed E-state index contributed by atoms with van der Waals surface area (Å²) in [7, 11) is 0. The molecule has 16 heavy (non-hydrogen) atoms. The topological polar surface area (TPSA) is 69.1 Å². The van der Waals surface area contributed by atoms with Gasteiger partial charge in [0.25, 0.3) is 0 Å². The summed E-state index contributed by atoms with van der Waals surface area (Å²) in [6.45, 7) is 0. The van der Waals surface area contributed by atoms with Crippen molar-refractivity contribution in [3.05, 3.63) is 41.2 Å². The summed E-state index contributed by atoms with van der Waals surface area (Å²) in [4.78, 5) is 10.6. The molecule has 0 aliphatic heterocycles. The lowest BCUT2D eigenvalue weighted by atomic mass is 10.1. The number of carbonyl (C=O) groups excluding carboxylic acids is 1. The van der Waals surface area contributed by atoms with Crippen LogP contribution < -0.4 is 11.5 Å². The van der Waals surface area contributed by atoms with E-state index in [9.17, 15) is 9.18 Å². The van der Waals surface area contributed by atoms with Gasteiger partial charge in [-0.1, -0.05) is 24.4 Å². The van der Waals surface area contributed by atoms with E-state index in [0.717, 1.165) is 0 Å². The predicted molar refractivity (Wildman–Crippen MR) is 64.0 cm³/mol. The van der Waals surface area contributed by atoms with Crippen molar-refractivity contribution in [3.8, 4) is 0 Å². The maximum absolute atomic E-state index is 12.9. The van der Waals surface area contributed by atoms with Gasteiger partial charge in [0.2, 0.25) is 5.91 Å². The van der Waals surface area contributed by atoms with Crippen LogP contribution in [0, 0.1) is 11.9 Å². The molecule has 0 saturated heterocycles. The van der Waals surface area contributed by atoms with Crippen molar-refractivity contribution >= 4 is 29.2 Å². The Morgan fingerprint density at radius 2 is 2.25 bits per heavy atom. The van der Waals surface area contributed by atoms with Crippen LogP contribution in [0.1, 0.15) is 17.5 Å². The number of nitrogens with two attached hydrogens (primary N) is 2. The van der Waals surface area contributed by atoms with Crippen molar-refractivity contribution in [2.24, 2.45) is 11.5 Å². The standard InChI is InChI=1S/C11H10FN2OS/c12-8-5-4-7(2-1-3-10(13)15)9(6-8)11(14)16/h1-2,4,6H,3H2,(H2,13,15)(H2,14,16). The molecule has 0 aromatic heterocycles. The zero-order chi connectivity index (χ0) is 12.1. The average molecular weight is 237 g/mol.